The first-order valence-corrected chi connectivity index (χ1v) is 7.83. The Morgan fingerprint density at radius 3 is 2.56 bits per heavy atom. The Morgan fingerprint density at radius 1 is 1.32 bits per heavy atom. The maximum Gasteiger partial charge on any atom is 0.314 e. The fourth-order valence-corrected chi connectivity index (χ4v) is 2.52. The second-order valence-electron chi connectivity index (χ2n) is 5.95. The summed E-state index contributed by atoms with van der Waals surface area (Å²) in [5.74, 6) is -0.0201. The Labute approximate surface area is 144 Å². The topological polar surface area (TPSA) is 138 Å². The summed E-state index contributed by atoms with van der Waals surface area (Å²) in [7, 11) is 1.46. The first kappa shape index (κ1) is 19.0. The number of imidazole rings is 1. The first-order chi connectivity index (χ1) is 11.8. The number of carbonyl (C=O) groups is 2. The van der Waals surface area contributed by atoms with E-state index in [0.29, 0.717) is 5.71 Å². The van der Waals surface area contributed by atoms with Crippen LogP contribution < -0.4 is 10.6 Å². The van der Waals surface area contributed by atoms with Crippen molar-refractivity contribution in [3.8, 4) is 0 Å². The van der Waals surface area contributed by atoms with Gasteiger partial charge >= 0.3 is 6.03 Å². The van der Waals surface area contributed by atoms with Gasteiger partial charge < -0.3 is 25.6 Å². The standard InChI is InChI=1S/C15H23N5O5/c1-7(2)19-13-10(8(3)21)18-6-20(13)14-12(23)11(22)9(25-14)5-17-15(24)16-4/h6,9,11-12,14,22-23H,5H2,1-4H3,(H2,16,17,24)/t9-,11?,12+,14-/m1/s1. The predicted octanol–water partition coefficient (Wildman–Crippen LogP) is -0.254. The summed E-state index contributed by atoms with van der Waals surface area (Å²) in [6.07, 6.45) is -2.94. The number of urea groups is 1. The molecule has 1 fully saturated rings. The number of aromatic nitrogens is 2. The molecular formula is C15H23N5O5. The van der Waals surface area contributed by atoms with Crippen LogP contribution in [-0.2, 0) is 4.74 Å². The molecule has 1 saturated heterocycles. The quantitative estimate of drug-likeness (QED) is 0.425. The normalized spacial score (nSPS) is 25.5. The third kappa shape index (κ3) is 4.03. The molecule has 2 amide bonds. The van der Waals surface area contributed by atoms with Gasteiger partial charge in [-0.15, -0.1) is 0 Å². The molecule has 10 nitrogen and oxygen atoms in total. The number of aliphatic hydroxyl groups is 2. The van der Waals surface area contributed by atoms with Crippen molar-refractivity contribution in [2.24, 2.45) is 4.99 Å². The van der Waals surface area contributed by atoms with E-state index < -0.39 is 30.6 Å². The summed E-state index contributed by atoms with van der Waals surface area (Å²) < 4.78 is 7.10. The van der Waals surface area contributed by atoms with E-state index in [4.69, 9.17) is 4.74 Å². The van der Waals surface area contributed by atoms with Gasteiger partial charge in [0.15, 0.2) is 23.5 Å². The molecule has 0 radical (unpaired) electrons. The molecule has 1 aromatic heterocycles. The van der Waals surface area contributed by atoms with E-state index in [1.54, 1.807) is 13.8 Å². The summed E-state index contributed by atoms with van der Waals surface area (Å²) in [5.41, 5.74) is 0.841. The molecule has 1 aromatic rings. The Balaban J connectivity index is 2.28. The third-order valence-corrected chi connectivity index (χ3v) is 3.73. The van der Waals surface area contributed by atoms with Gasteiger partial charge in [-0.3, -0.25) is 9.36 Å². The number of amides is 2. The lowest BCUT2D eigenvalue weighted by molar-refractivity contribution is -0.0346. The minimum Gasteiger partial charge on any atom is -0.387 e. The smallest absolute Gasteiger partial charge is 0.314 e. The summed E-state index contributed by atoms with van der Waals surface area (Å²) in [6, 6.07) is -0.429. The number of nitrogens with zero attached hydrogens (tertiary/aromatic N) is 3. The van der Waals surface area contributed by atoms with E-state index >= 15 is 0 Å². The van der Waals surface area contributed by atoms with Crippen molar-refractivity contribution in [3.63, 3.8) is 0 Å². The van der Waals surface area contributed by atoms with Crippen molar-refractivity contribution in [2.45, 2.75) is 45.3 Å². The molecule has 0 aliphatic carbocycles. The summed E-state index contributed by atoms with van der Waals surface area (Å²) in [4.78, 5) is 31.4. The molecule has 0 spiro atoms. The average Bonchev–Trinajstić information content (AvgIpc) is 3.07. The molecule has 1 aliphatic heterocycles. The van der Waals surface area contributed by atoms with Gasteiger partial charge in [0.05, 0.1) is 6.33 Å². The molecule has 10 heteroatoms. The van der Waals surface area contributed by atoms with Crippen LogP contribution in [0.4, 0.5) is 10.6 Å². The SMILES string of the molecule is CNC(=O)NC[C@H]1O[C@@H](n2cnc(C(C)=O)c2N=C(C)C)[C@@H](O)C1O. The average molecular weight is 353 g/mol. The Kier molecular flexibility index (Phi) is 5.88. The van der Waals surface area contributed by atoms with E-state index in [-0.39, 0.29) is 23.8 Å². The minimum absolute atomic E-state index is 0.00801. The van der Waals surface area contributed by atoms with E-state index in [9.17, 15) is 19.8 Å². The van der Waals surface area contributed by atoms with Crippen molar-refractivity contribution in [1.29, 1.82) is 0 Å². The Morgan fingerprint density at radius 2 is 2.00 bits per heavy atom. The number of carbonyl (C=O) groups excluding carboxylic acids is 2. The second kappa shape index (κ2) is 7.72. The zero-order valence-electron chi connectivity index (χ0n) is 14.6. The number of rotatable bonds is 5. The fourth-order valence-electron chi connectivity index (χ4n) is 2.52. The number of aliphatic hydroxyl groups excluding tert-OH is 2. The molecule has 138 valence electrons. The monoisotopic (exact) mass is 353 g/mol. The highest BCUT2D eigenvalue weighted by molar-refractivity contribution is 5.97. The molecule has 1 aliphatic rings. The van der Waals surface area contributed by atoms with E-state index in [0.717, 1.165) is 0 Å². The van der Waals surface area contributed by atoms with Crippen molar-refractivity contribution >= 4 is 23.3 Å². The number of ether oxygens (including phenoxy) is 1. The first-order valence-electron chi connectivity index (χ1n) is 7.83. The largest absolute Gasteiger partial charge is 0.387 e. The predicted molar refractivity (Wildman–Crippen MR) is 89.1 cm³/mol. The van der Waals surface area contributed by atoms with Crippen molar-refractivity contribution < 1.29 is 24.5 Å². The Bertz CT molecular complexity index is 682. The highest BCUT2D eigenvalue weighted by Crippen LogP contribution is 2.34. The fraction of sp³-hybridized carbons (Fsp3) is 0.600. The number of aliphatic imine (C=N–C) groups is 1. The van der Waals surface area contributed by atoms with Crippen molar-refractivity contribution in [3.05, 3.63) is 12.0 Å². The molecule has 2 rings (SSSR count). The van der Waals surface area contributed by atoms with Crippen LogP contribution in [0, 0.1) is 0 Å². The molecule has 4 N–H and O–H groups in total. The maximum atomic E-state index is 11.7. The molecule has 4 atom stereocenters. The molecule has 2 heterocycles. The summed E-state index contributed by atoms with van der Waals surface area (Å²) >= 11 is 0. The van der Waals surface area contributed by atoms with Crippen molar-refractivity contribution in [1.82, 2.24) is 20.2 Å². The zero-order chi connectivity index (χ0) is 18.7. The number of ketones is 1. The van der Waals surface area contributed by atoms with Gasteiger partial charge in [-0.2, -0.15) is 0 Å². The van der Waals surface area contributed by atoms with E-state index in [2.05, 4.69) is 20.6 Å². The second-order valence-corrected chi connectivity index (χ2v) is 5.95. The van der Waals surface area contributed by atoms with Crippen LogP contribution in [0.25, 0.3) is 0 Å². The maximum absolute atomic E-state index is 11.7. The van der Waals surface area contributed by atoms with Gasteiger partial charge in [0.1, 0.15) is 18.3 Å². The molecular weight excluding hydrogens is 330 g/mol. The zero-order valence-corrected chi connectivity index (χ0v) is 14.6. The van der Waals surface area contributed by atoms with Crippen LogP contribution in [0.5, 0.6) is 0 Å². The van der Waals surface area contributed by atoms with Crippen LogP contribution in [0.15, 0.2) is 11.3 Å². The molecule has 0 aromatic carbocycles. The van der Waals surface area contributed by atoms with Gasteiger partial charge in [-0.1, -0.05) is 0 Å². The van der Waals surface area contributed by atoms with Crippen LogP contribution in [-0.4, -0.2) is 69.2 Å². The highest BCUT2D eigenvalue weighted by Gasteiger charge is 2.44. The number of Topliss-reactive ketones (excluding diaryl/α,β-unsaturated/α-hetero) is 1. The minimum atomic E-state index is -1.27. The highest BCUT2D eigenvalue weighted by atomic mass is 16.6. The van der Waals surface area contributed by atoms with Gasteiger partial charge in [-0.25, -0.2) is 14.8 Å². The number of hydrogen-bond donors (Lipinski definition) is 4. The summed E-state index contributed by atoms with van der Waals surface area (Å²) in [5, 5.41) is 25.4. The molecule has 0 bridgehead atoms. The lowest BCUT2D eigenvalue weighted by Crippen LogP contribution is -2.42. The van der Waals surface area contributed by atoms with Gasteiger partial charge in [0, 0.05) is 26.2 Å². The molecule has 1 unspecified atom stereocenters. The van der Waals surface area contributed by atoms with E-state index in [1.165, 1.54) is 24.9 Å². The van der Waals surface area contributed by atoms with Crippen LogP contribution in [0.2, 0.25) is 0 Å². The van der Waals surface area contributed by atoms with Crippen LogP contribution in [0.3, 0.4) is 0 Å². The van der Waals surface area contributed by atoms with Gasteiger partial charge in [-0.05, 0) is 13.8 Å². The van der Waals surface area contributed by atoms with Crippen molar-refractivity contribution in [2.75, 3.05) is 13.6 Å². The van der Waals surface area contributed by atoms with Crippen LogP contribution >= 0.6 is 0 Å². The Hall–Kier alpha value is -2.30. The lowest BCUT2D eigenvalue weighted by atomic mass is 10.1. The van der Waals surface area contributed by atoms with E-state index in [1.807, 2.05) is 0 Å². The number of nitrogens with one attached hydrogen (secondary N) is 2. The van der Waals surface area contributed by atoms with Gasteiger partial charge in [0.2, 0.25) is 0 Å². The molecule has 25 heavy (non-hydrogen) atoms. The lowest BCUT2D eigenvalue weighted by Gasteiger charge is -2.18. The number of hydrogen-bond acceptors (Lipinski definition) is 7. The van der Waals surface area contributed by atoms with Crippen LogP contribution in [0.1, 0.15) is 37.5 Å². The van der Waals surface area contributed by atoms with Gasteiger partial charge in [0.25, 0.3) is 0 Å². The summed E-state index contributed by atoms with van der Waals surface area (Å²) in [6.45, 7) is 4.90. The molecule has 0 saturated carbocycles. The third-order valence-electron chi connectivity index (χ3n) is 3.73.